The van der Waals surface area contributed by atoms with Crippen LogP contribution >= 0.6 is 11.6 Å². The van der Waals surface area contributed by atoms with Gasteiger partial charge in [-0.05, 0) is 30.7 Å². The maximum absolute atomic E-state index is 12.3. The molecule has 0 aromatic heterocycles. The molecule has 0 radical (unpaired) electrons. The Morgan fingerprint density at radius 3 is 2.79 bits per heavy atom. The molecule has 5 heteroatoms. The summed E-state index contributed by atoms with van der Waals surface area (Å²) in [6.07, 6.45) is 0.383. The molecule has 0 fully saturated rings. The summed E-state index contributed by atoms with van der Waals surface area (Å²) in [5.41, 5.74) is 3.23. The van der Waals surface area contributed by atoms with Crippen molar-refractivity contribution in [1.82, 2.24) is 5.32 Å². The summed E-state index contributed by atoms with van der Waals surface area (Å²) in [6, 6.07) is 13.7. The van der Waals surface area contributed by atoms with E-state index in [-0.39, 0.29) is 11.9 Å². The zero-order chi connectivity index (χ0) is 17.1. The molecule has 1 aliphatic rings. The van der Waals surface area contributed by atoms with Gasteiger partial charge in [0.05, 0.1) is 18.2 Å². The summed E-state index contributed by atoms with van der Waals surface area (Å²) in [7, 11) is 1.97. The minimum absolute atomic E-state index is 0.00557. The Morgan fingerprint density at radius 2 is 2.04 bits per heavy atom. The Kier molecular flexibility index (Phi) is 4.95. The number of likely N-dealkylation sites (N-methyl/N-ethyl adjacent to an activating group) is 1. The summed E-state index contributed by atoms with van der Waals surface area (Å²) in [4.78, 5) is 14.3. The Balaban J connectivity index is 1.57. The van der Waals surface area contributed by atoms with E-state index in [0.29, 0.717) is 24.6 Å². The van der Waals surface area contributed by atoms with Crippen LogP contribution in [-0.2, 0) is 11.3 Å². The molecule has 24 heavy (non-hydrogen) atoms. The number of aryl methyl sites for hydroxylation is 1. The second-order valence-corrected chi connectivity index (χ2v) is 6.59. The number of carbonyl (C=O) groups excluding carboxylic acids is 1. The van der Waals surface area contributed by atoms with E-state index in [1.54, 1.807) is 0 Å². The van der Waals surface area contributed by atoms with Crippen LogP contribution in [0, 0.1) is 6.92 Å². The molecule has 0 unspecified atom stereocenters. The third-order valence-electron chi connectivity index (χ3n) is 4.31. The van der Waals surface area contributed by atoms with Crippen LogP contribution in [0.5, 0.6) is 5.75 Å². The van der Waals surface area contributed by atoms with Crippen LogP contribution in [-0.4, -0.2) is 25.6 Å². The van der Waals surface area contributed by atoms with Gasteiger partial charge in [0.15, 0.2) is 0 Å². The van der Waals surface area contributed by atoms with Crippen molar-refractivity contribution >= 4 is 23.2 Å². The molecular formula is C19H21ClN2O2. The number of anilines is 1. The molecule has 1 atom stereocenters. The second kappa shape index (κ2) is 7.14. The van der Waals surface area contributed by atoms with Gasteiger partial charge in [-0.25, -0.2) is 0 Å². The lowest BCUT2D eigenvalue weighted by Gasteiger charge is -2.35. The number of hydrogen-bond acceptors (Lipinski definition) is 3. The van der Waals surface area contributed by atoms with E-state index in [4.69, 9.17) is 16.3 Å². The maximum atomic E-state index is 12.3. The fourth-order valence-electron chi connectivity index (χ4n) is 2.77. The summed E-state index contributed by atoms with van der Waals surface area (Å²) in [5, 5.41) is 3.64. The fraction of sp³-hybridized carbons (Fsp3) is 0.316. The van der Waals surface area contributed by atoms with Crippen molar-refractivity contribution in [3.8, 4) is 5.75 Å². The standard InChI is InChI=1S/C19H21ClN2O2/c1-13-3-5-14(6-4-13)11-21-19(23)10-16-12-24-18-8-7-15(20)9-17(18)22(16)2/h3-9,16H,10-12H2,1-2H3,(H,21,23)/t16-/m1/s1. The zero-order valence-electron chi connectivity index (χ0n) is 13.9. The molecule has 1 aliphatic heterocycles. The zero-order valence-corrected chi connectivity index (χ0v) is 14.6. The molecule has 3 rings (SSSR count). The lowest BCUT2D eigenvalue weighted by Crippen LogP contribution is -2.43. The van der Waals surface area contributed by atoms with Crippen molar-refractivity contribution in [2.75, 3.05) is 18.6 Å². The molecular weight excluding hydrogens is 324 g/mol. The second-order valence-electron chi connectivity index (χ2n) is 6.15. The van der Waals surface area contributed by atoms with Gasteiger partial charge in [0, 0.05) is 18.6 Å². The highest BCUT2D eigenvalue weighted by Crippen LogP contribution is 2.35. The van der Waals surface area contributed by atoms with E-state index in [9.17, 15) is 4.79 Å². The third-order valence-corrected chi connectivity index (χ3v) is 4.55. The van der Waals surface area contributed by atoms with E-state index in [1.165, 1.54) is 5.56 Å². The molecule has 4 nitrogen and oxygen atoms in total. The highest BCUT2D eigenvalue weighted by atomic mass is 35.5. The molecule has 1 heterocycles. The minimum atomic E-state index is -0.00557. The number of carbonyl (C=O) groups is 1. The SMILES string of the molecule is Cc1ccc(CNC(=O)C[C@@H]2COc3ccc(Cl)cc3N2C)cc1. The molecule has 2 aromatic carbocycles. The van der Waals surface area contributed by atoms with Crippen LogP contribution < -0.4 is 15.0 Å². The monoisotopic (exact) mass is 344 g/mol. The largest absolute Gasteiger partial charge is 0.489 e. The van der Waals surface area contributed by atoms with Crippen molar-refractivity contribution in [3.63, 3.8) is 0 Å². The van der Waals surface area contributed by atoms with Gasteiger partial charge in [-0.3, -0.25) is 4.79 Å². The molecule has 0 aliphatic carbocycles. The fourth-order valence-corrected chi connectivity index (χ4v) is 2.94. The Morgan fingerprint density at radius 1 is 1.29 bits per heavy atom. The van der Waals surface area contributed by atoms with Crippen molar-refractivity contribution in [3.05, 3.63) is 58.6 Å². The van der Waals surface area contributed by atoms with E-state index in [1.807, 2.05) is 56.4 Å². The van der Waals surface area contributed by atoms with Gasteiger partial charge in [-0.1, -0.05) is 41.4 Å². The molecule has 0 saturated carbocycles. The Labute approximate surface area is 147 Å². The van der Waals surface area contributed by atoms with Crippen LogP contribution in [0.25, 0.3) is 0 Å². The minimum Gasteiger partial charge on any atom is -0.489 e. The topological polar surface area (TPSA) is 41.6 Å². The van der Waals surface area contributed by atoms with Crippen LogP contribution in [0.2, 0.25) is 5.02 Å². The number of halogens is 1. The van der Waals surface area contributed by atoms with Gasteiger partial charge < -0.3 is 15.0 Å². The Hall–Kier alpha value is -2.20. The first-order valence-corrected chi connectivity index (χ1v) is 8.38. The summed E-state index contributed by atoms with van der Waals surface area (Å²) in [5.74, 6) is 0.819. The van der Waals surface area contributed by atoms with Crippen LogP contribution in [0.15, 0.2) is 42.5 Å². The average molecular weight is 345 g/mol. The van der Waals surface area contributed by atoms with Crippen LogP contribution in [0.3, 0.4) is 0 Å². The number of amides is 1. The summed E-state index contributed by atoms with van der Waals surface area (Å²) in [6.45, 7) is 3.08. The van der Waals surface area contributed by atoms with Gasteiger partial charge in [0.25, 0.3) is 0 Å². The van der Waals surface area contributed by atoms with Crippen molar-refractivity contribution in [1.29, 1.82) is 0 Å². The maximum Gasteiger partial charge on any atom is 0.222 e. The normalized spacial score (nSPS) is 16.3. The number of ether oxygens (including phenoxy) is 1. The first kappa shape index (κ1) is 16.7. The van der Waals surface area contributed by atoms with Gasteiger partial charge >= 0.3 is 0 Å². The lowest BCUT2D eigenvalue weighted by molar-refractivity contribution is -0.121. The van der Waals surface area contributed by atoms with Gasteiger partial charge in [0.2, 0.25) is 5.91 Å². The van der Waals surface area contributed by atoms with E-state index >= 15 is 0 Å². The van der Waals surface area contributed by atoms with E-state index < -0.39 is 0 Å². The first-order chi connectivity index (χ1) is 11.5. The number of nitrogens with zero attached hydrogens (tertiary/aromatic N) is 1. The highest BCUT2D eigenvalue weighted by Gasteiger charge is 2.26. The average Bonchev–Trinajstić information content (AvgIpc) is 2.57. The third kappa shape index (κ3) is 3.82. The van der Waals surface area contributed by atoms with E-state index in [2.05, 4.69) is 10.2 Å². The molecule has 1 N–H and O–H groups in total. The first-order valence-electron chi connectivity index (χ1n) is 8.00. The van der Waals surface area contributed by atoms with E-state index in [0.717, 1.165) is 17.0 Å². The quantitative estimate of drug-likeness (QED) is 0.922. The van der Waals surface area contributed by atoms with Crippen LogP contribution in [0.4, 0.5) is 5.69 Å². The molecule has 126 valence electrons. The molecule has 1 amide bonds. The summed E-state index contributed by atoms with van der Waals surface area (Å²) < 4.78 is 5.76. The van der Waals surface area contributed by atoms with Crippen molar-refractivity contribution < 1.29 is 9.53 Å². The molecule has 0 spiro atoms. The Bertz CT molecular complexity index is 731. The van der Waals surface area contributed by atoms with Crippen molar-refractivity contribution in [2.45, 2.75) is 25.9 Å². The molecule has 0 saturated heterocycles. The summed E-state index contributed by atoms with van der Waals surface area (Å²) >= 11 is 6.06. The number of fused-ring (bicyclic) bond motifs is 1. The van der Waals surface area contributed by atoms with Gasteiger partial charge in [-0.2, -0.15) is 0 Å². The number of rotatable bonds is 4. The lowest BCUT2D eigenvalue weighted by atomic mass is 10.1. The van der Waals surface area contributed by atoms with Gasteiger partial charge in [-0.15, -0.1) is 0 Å². The van der Waals surface area contributed by atoms with Gasteiger partial charge in [0.1, 0.15) is 12.4 Å². The molecule has 0 bridgehead atoms. The highest BCUT2D eigenvalue weighted by molar-refractivity contribution is 6.31. The smallest absolute Gasteiger partial charge is 0.222 e. The van der Waals surface area contributed by atoms with Crippen molar-refractivity contribution in [2.24, 2.45) is 0 Å². The number of nitrogens with one attached hydrogen (secondary N) is 1. The molecule has 2 aromatic rings. The number of benzene rings is 2. The van der Waals surface area contributed by atoms with Crippen LogP contribution in [0.1, 0.15) is 17.5 Å². The number of hydrogen-bond donors (Lipinski definition) is 1. The predicted octanol–water partition coefficient (Wildman–Crippen LogP) is 3.55. The predicted molar refractivity (Wildman–Crippen MR) is 96.8 cm³/mol.